The number of carbonyl (C=O) groups is 1. The summed E-state index contributed by atoms with van der Waals surface area (Å²) in [4.78, 5) is 11.1. The van der Waals surface area contributed by atoms with E-state index in [1.807, 2.05) is 42.5 Å². The highest BCUT2D eigenvalue weighted by Gasteiger charge is 2.32. The van der Waals surface area contributed by atoms with Gasteiger partial charge in [-0.3, -0.25) is 4.79 Å². The highest BCUT2D eigenvalue weighted by molar-refractivity contribution is 5.67. The minimum atomic E-state index is -0.754. The summed E-state index contributed by atoms with van der Waals surface area (Å²) >= 11 is 0. The molecule has 0 bridgehead atoms. The Balaban J connectivity index is 2.38. The summed E-state index contributed by atoms with van der Waals surface area (Å²) in [5.74, 6) is 0. The maximum Gasteiger partial charge on any atom is 0.156 e. The summed E-state index contributed by atoms with van der Waals surface area (Å²) in [6.45, 7) is 0.508. The molecule has 2 nitrogen and oxygen atoms in total. The van der Waals surface area contributed by atoms with E-state index >= 15 is 0 Å². The average Bonchev–Trinajstić information content (AvgIpc) is 2.31. The molecule has 1 heterocycles. The topological polar surface area (TPSA) is 26.3 Å². The molecule has 0 saturated heterocycles. The van der Waals surface area contributed by atoms with Gasteiger partial charge in [-0.25, -0.2) is 0 Å². The summed E-state index contributed by atoms with van der Waals surface area (Å²) in [5, 5.41) is 0. The average molecular weight is 188 g/mol. The lowest BCUT2D eigenvalue weighted by atomic mass is 9.90. The Morgan fingerprint density at radius 2 is 2.00 bits per heavy atom. The smallest absolute Gasteiger partial charge is 0.156 e. The third kappa shape index (κ3) is 1.49. The molecule has 1 aliphatic heterocycles. The quantitative estimate of drug-likeness (QED) is 0.524. The first-order chi connectivity index (χ1) is 6.87. The minimum absolute atomic E-state index is 0.508. The van der Waals surface area contributed by atoms with Crippen LogP contribution in [0.2, 0.25) is 0 Å². The highest BCUT2D eigenvalue weighted by Crippen LogP contribution is 2.30. The van der Waals surface area contributed by atoms with Crippen LogP contribution in [0.15, 0.2) is 42.5 Å². The predicted molar refractivity (Wildman–Crippen MR) is 53.9 cm³/mol. The maximum atomic E-state index is 11.1. The number of hydrogen-bond acceptors (Lipinski definition) is 2. The Labute approximate surface area is 83.2 Å². The summed E-state index contributed by atoms with van der Waals surface area (Å²) in [5.41, 5.74) is 0.176. The molecule has 0 aliphatic carbocycles. The Hall–Kier alpha value is -1.41. The molecule has 2 rings (SSSR count). The molecule has 72 valence electrons. The number of benzene rings is 1. The van der Waals surface area contributed by atoms with Gasteiger partial charge in [0.05, 0.1) is 6.61 Å². The monoisotopic (exact) mass is 188 g/mol. The van der Waals surface area contributed by atoms with Crippen molar-refractivity contribution in [1.82, 2.24) is 0 Å². The molecule has 2 heteroatoms. The van der Waals surface area contributed by atoms with Crippen molar-refractivity contribution in [2.24, 2.45) is 0 Å². The summed E-state index contributed by atoms with van der Waals surface area (Å²) < 4.78 is 5.55. The molecule has 1 aromatic carbocycles. The summed E-state index contributed by atoms with van der Waals surface area (Å²) in [7, 11) is 0. The van der Waals surface area contributed by atoms with Crippen LogP contribution in [0.1, 0.15) is 12.0 Å². The van der Waals surface area contributed by atoms with E-state index in [9.17, 15) is 4.79 Å². The van der Waals surface area contributed by atoms with Gasteiger partial charge >= 0.3 is 0 Å². The lowest BCUT2D eigenvalue weighted by Crippen LogP contribution is -2.33. The molecule has 0 aromatic heterocycles. The molecule has 14 heavy (non-hydrogen) atoms. The zero-order chi connectivity index (χ0) is 9.86. The van der Waals surface area contributed by atoms with E-state index in [1.54, 1.807) is 0 Å². The Kier molecular flexibility index (Phi) is 2.46. The molecule has 0 fully saturated rings. The summed E-state index contributed by atoms with van der Waals surface area (Å²) in [6, 6.07) is 9.62. The third-order valence-corrected chi connectivity index (χ3v) is 2.48. The normalized spacial score (nSPS) is 26.0. The van der Waals surface area contributed by atoms with Crippen molar-refractivity contribution in [1.29, 1.82) is 0 Å². The van der Waals surface area contributed by atoms with Gasteiger partial charge in [0.25, 0.3) is 0 Å². The van der Waals surface area contributed by atoms with Crippen molar-refractivity contribution >= 4 is 6.29 Å². The molecule has 0 saturated carbocycles. The van der Waals surface area contributed by atoms with Crippen LogP contribution >= 0.6 is 0 Å². The van der Waals surface area contributed by atoms with Crippen LogP contribution in [-0.2, 0) is 15.1 Å². The van der Waals surface area contributed by atoms with Crippen LogP contribution in [0.25, 0.3) is 0 Å². The van der Waals surface area contributed by atoms with E-state index in [1.165, 1.54) is 0 Å². The van der Waals surface area contributed by atoms with Crippen molar-refractivity contribution in [3.63, 3.8) is 0 Å². The van der Waals surface area contributed by atoms with Gasteiger partial charge < -0.3 is 4.74 Å². The Morgan fingerprint density at radius 1 is 1.21 bits per heavy atom. The van der Waals surface area contributed by atoms with Crippen molar-refractivity contribution in [2.45, 2.75) is 12.0 Å². The molecule has 0 amide bonds. The van der Waals surface area contributed by atoms with Crippen molar-refractivity contribution < 1.29 is 9.53 Å². The van der Waals surface area contributed by atoms with Crippen LogP contribution in [0.4, 0.5) is 0 Å². The molecule has 0 N–H and O–H groups in total. The minimum Gasteiger partial charge on any atom is -0.358 e. The van der Waals surface area contributed by atoms with Crippen molar-refractivity contribution in [2.75, 3.05) is 6.61 Å². The van der Waals surface area contributed by atoms with Gasteiger partial charge in [0.1, 0.15) is 0 Å². The van der Waals surface area contributed by atoms with E-state index in [0.717, 1.165) is 11.8 Å². The molecule has 1 aromatic rings. The fourth-order valence-electron chi connectivity index (χ4n) is 1.65. The predicted octanol–water partition coefficient (Wildman–Crippen LogP) is 2.06. The molecule has 1 aliphatic rings. The highest BCUT2D eigenvalue weighted by atomic mass is 16.5. The molecule has 0 unspecified atom stereocenters. The fraction of sp³-hybridized carbons (Fsp3) is 0.250. The van der Waals surface area contributed by atoms with Crippen LogP contribution in [0.3, 0.4) is 0 Å². The van der Waals surface area contributed by atoms with Crippen molar-refractivity contribution in [3.05, 3.63) is 48.0 Å². The first-order valence-corrected chi connectivity index (χ1v) is 4.68. The zero-order valence-corrected chi connectivity index (χ0v) is 7.85. The van der Waals surface area contributed by atoms with Gasteiger partial charge in [0.2, 0.25) is 0 Å². The van der Waals surface area contributed by atoms with Crippen LogP contribution in [0.5, 0.6) is 0 Å². The number of hydrogen-bond donors (Lipinski definition) is 0. The van der Waals surface area contributed by atoms with Crippen LogP contribution in [0, 0.1) is 0 Å². The van der Waals surface area contributed by atoms with Gasteiger partial charge in [0.15, 0.2) is 11.9 Å². The fourth-order valence-corrected chi connectivity index (χ4v) is 1.65. The van der Waals surface area contributed by atoms with Crippen LogP contribution in [-0.4, -0.2) is 12.9 Å². The SMILES string of the molecule is O=C[C@@]1(c2ccccc2)CC=CCO1. The van der Waals surface area contributed by atoms with E-state index in [0.29, 0.717) is 13.0 Å². The standard InChI is InChI=1S/C12H12O2/c13-10-12(8-4-5-9-14-12)11-6-2-1-3-7-11/h1-7,10H,8-9H2/t12-/m1/s1. The van der Waals surface area contributed by atoms with Gasteiger partial charge in [-0.2, -0.15) is 0 Å². The first-order valence-electron chi connectivity index (χ1n) is 4.68. The van der Waals surface area contributed by atoms with Gasteiger partial charge in [0, 0.05) is 6.42 Å². The second-order valence-corrected chi connectivity index (χ2v) is 3.36. The maximum absolute atomic E-state index is 11.1. The lowest BCUT2D eigenvalue weighted by molar-refractivity contribution is -0.131. The van der Waals surface area contributed by atoms with Gasteiger partial charge in [-0.15, -0.1) is 0 Å². The molecular formula is C12H12O2. The second-order valence-electron chi connectivity index (χ2n) is 3.36. The van der Waals surface area contributed by atoms with E-state index in [-0.39, 0.29) is 0 Å². The van der Waals surface area contributed by atoms with E-state index < -0.39 is 5.60 Å². The van der Waals surface area contributed by atoms with Gasteiger partial charge in [-0.05, 0) is 5.56 Å². The largest absolute Gasteiger partial charge is 0.358 e. The first kappa shape index (κ1) is 9.16. The summed E-state index contributed by atoms with van der Waals surface area (Å²) in [6.07, 6.45) is 5.45. The van der Waals surface area contributed by atoms with Crippen molar-refractivity contribution in [3.8, 4) is 0 Å². The molecular weight excluding hydrogens is 176 g/mol. The van der Waals surface area contributed by atoms with Gasteiger partial charge in [-0.1, -0.05) is 42.5 Å². The number of aldehydes is 1. The Bertz CT molecular complexity index is 343. The zero-order valence-electron chi connectivity index (χ0n) is 7.85. The third-order valence-electron chi connectivity index (χ3n) is 2.48. The number of ether oxygens (including phenoxy) is 1. The molecule has 1 atom stereocenters. The molecule has 0 spiro atoms. The molecule has 0 radical (unpaired) electrons. The van der Waals surface area contributed by atoms with Crippen LogP contribution < -0.4 is 0 Å². The number of rotatable bonds is 2. The Morgan fingerprint density at radius 3 is 2.57 bits per heavy atom. The second kappa shape index (κ2) is 3.76. The lowest BCUT2D eigenvalue weighted by Gasteiger charge is -2.29. The number of carbonyl (C=O) groups excluding carboxylic acids is 1. The van der Waals surface area contributed by atoms with E-state index in [4.69, 9.17) is 4.74 Å². The van der Waals surface area contributed by atoms with E-state index in [2.05, 4.69) is 0 Å².